The van der Waals surface area contributed by atoms with Gasteiger partial charge in [-0.3, -0.25) is 4.79 Å². The zero-order valence-electron chi connectivity index (χ0n) is 10.2. The predicted octanol–water partition coefficient (Wildman–Crippen LogP) is 0.0175. The summed E-state index contributed by atoms with van der Waals surface area (Å²) in [7, 11) is 1.56. The minimum Gasteiger partial charge on any atom is -0.396 e. The molecule has 0 aliphatic rings. The number of carbonyl (C=O) groups is 1. The van der Waals surface area contributed by atoms with Gasteiger partial charge in [-0.2, -0.15) is 0 Å². The van der Waals surface area contributed by atoms with E-state index in [1.807, 2.05) is 0 Å². The third-order valence-electron chi connectivity index (χ3n) is 2.40. The number of carbonyl (C=O) groups excluding carboxylic acids is 1. The monoisotopic (exact) mass is 232 g/mol. The summed E-state index contributed by atoms with van der Waals surface area (Å²) in [6, 6.07) is -0.617. The van der Waals surface area contributed by atoms with Crippen molar-refractivity contribution >= 4 is 5.91 Å². The van der Waals surface area contributed by atoms with E-state index in [9.17, 15) is 4.79 Å². The van der Waals surface area contributed by atoms with Crippen LogP contribution in [0.2, 0.25) is 0 Å². The molecular formula is C11H24N2O3. The Balaban J connectivity index is 3.96. The Morgan fingerprint density at radius 1 is 1.50 bits per heavy atom. The Hall–Kier alpha value is -0.650. The Bertz CT molecular complexity index is 182. The van der Waals surface area contributed by atoms with Crippen LogP contribution in [0.3, 0.4) is 0 Å². The normalized spacial score (nSPS) is 14.5. The van der Waals surface area contributed by atoms with Crippen LogP contribution in [0.1, 0.15) is 32.6 Å². The summed E-state index contributed by atoms with van der Waals surface area (Å²) in [5.41, 5.74) is 5.73. The number of nitrogens with one attached hydrogen (secondary N) is 1. The molecule has 0 saturated carbocycles. The minimum atomic E-state index is -0.460. The van der Waals surface area contributed by atoms with Crippen LogP contribution in [0, 0.1) is 0 Å². The smallest absolute Gasteiger partial charge is 0.237 e. The summed E-state index contributed by atoms with van der Waals surface area (Å²) in [6.45, 7) is 2.48. The van der Waals surface area contributed by atoms with Crippen molar-refractivity contribution in [2.75, 3.05) is 20.3 Å². The van der Waals surface area contributed by atoms with Crippen LogP contribution in [0.4, 0.5) is 0 Å². The first-order chi connectivity index (χ1) is 7.65. The SMILES string of the molecule is CCCCC(N)C(=O)NC(CCO)COC. The van der Waals surface area contributed by atoms with Crippen LogP contribution in [0.15, 0.2) is 0 Å². The second-order valence-corrected chi connectivity index (χ2v) is 3.92. The number of ether oxygens (including phenoxy) is 1. The molecule has 0 aromatic heterocycles. The lowest BCUT2D eigenvalue weighted by Crippen LogP contribution is -2.47. The second kappa shape index (κ2) is 9.57. The molecule has 2 unspecified atom stereocenters. The average molecular weight is 232 g/mol. The van der Waals surface area contributed by atoms with Gasteiger partial charge in [0.15, 0.2) is 0 Å². The molecule has 0 radical (unpaired) electrons. The number of amides is 1. The molecular weight excluding hydrogens is 208 g/mol. The highest BCUT2D eigenvalue weighted by molar-refractivity contribution is 5.81. The highest BCUT2D eigenvalue weighted by atomic mass is 16.5. The lowest BCUT2D eigenvalue weighted by Gasteiger charge is -2.19. The number of aliphatic hydroxyl groups excluding tert-OH is 1. The molecule has 5 heteroatoms. The molecule has 0 fully saturated rings. The van der Waals surface area contributed by atoms with Crippen molar-refractivity contribution in [1.82, 2.24) is 5.32 Å². The number of nitrogens with two attached hydrogens (primary N) is 1. The summed E-state index contributed by atoms with van der Waals surface area (Å²) in [5, 5.41) is 11.6. The van der Waals surface area contributed by atoms with Crippen LogP contribution in [-0.2, 0) is 9.53 Å². The van der Waals surface area contributed by atoms with E-state index in [2.05, 4.69) is 12.2 Å². The molecule has 5 nitrogen and oxygen atoms in total. The third kappa shape index (κ3) is 6.76. The predicted molar refractivity (Wildman–Crippen MR) is 63.0 cm³/mol. The molecule has 1 amide bonds. The van der Waals surface area contributed by atoms with E-state index >= 15 is 0 Å². The summed E-state index contributed by atoms with van der Waals surface area (Å²) in [5.74, 6) is -0.163. The van der Waals surface area contributed by atoms with Crippen LogP contribution in [0.25, 0.3) is 0 Å². The lowest BCUT2D eigenvalue weighted by molar-refractivity contribution is -0.123. The maximum Gasteiger partial charge on any atom is 0.237 e. The molecule has 0 saturated heterocycles. The molecule has 0 aliphatic carbocycles. The molecule has 0 aromatic carbocycles. The van der Waals surface area contributed by atoms with E-state index in [-0.39, 0.29) is 18.6 Å². The maximum absolute atomic E-state index is 11.6. The molecule has 0 aromatic rings. The fraction of sp³-hybridized carbons (Fsp3) is 0.909. The van der Waals surface area contributed by atoms with Crippen molar-refractivity contribution in [1.29, 1.82) is 0 Å². The van der Waals surface area contributed by atoms with Gasteiger partial charge in [0.25, 0.3) is 0 Å². The Labute approximate surface area is 97.3 Å². The van der Waals surface area contributed by atoms with Gasteiger partial charge in [0.2, 0.25) is 5.91 Å². The van der Waals surface area contributed by atoms with E-state index in [1.165, 1.54) is 0 Å². The summed E-state index contributed by atoms with van der Waals surface area (Å²) < 4.78 is 4.95. The zero-order chi connectivity index (χ0) is 12.4. The number of unbranched alkanes of at least 4 members (excludes halogenated alkanes) is 1. The first kappa shape index (κ1) is 15.3. The summed E-state index contributed by atoms with van der Waals surface area (Å²) >= 11 is 0. The molecule has 0 bridgehead atoms. The van der Waals surface area contributed by atoms with Crippen LogP contribution >= 0.6 is 0 Å². The van der Waals surface area contributed by atoms with E-state index in [1.54, 1.807) is 7.11 Å². The van der Waals surface area contributed by atoms with Gasteiger partial charge in [-0.15, -0.1) is 0 Å². The standard InChI is InChI=1S/C11H24N2O3/c1-3-4-5-10(12)11(15)13-9(6-7-14)8-16-2/h9-10,14H,3-8,12H2,1-2H3,(H,13,15). The van der Waals surface area contributed by atoms with E-state index < -0.39 is 6.04 Å². The number of hydrogen-bond donors (Lipinski definition) is 3. The van der Waals surface area contributed by atoms with Crippen molar-refractivity contribution < 1.29 is 14.6 Å². The van der Waals surface area contributed by atoms with Gasteiger partial charge in [0.1, 0.15) is 0 Å². The van der Waals surface area contributed by atoms with Gasteiger partial charge in [-0.05, 0) is 12.8 Å². The minimum absolute atomic E-state index is 0.0263. The summed E-state index contributed by atoms with van der Waals surface area (Å²) in [6.07, 6.45) is 3.16. The molecule has 4 N–H and O–H groups in total. The molecule has 0 spiro atoms. The van der Waals surface area contributed by atoms with Gasteiger partial charge in [0, 0.05) is 13.7 Å². The fourth-order valence-corrected chi connectivity index (χ4v) is 1.42. The number of methoxy groups -OCH3 is 1. The van der Waals surface area contributed by atoms with Gasteiger partial charge >= 0.3 is 0 Å². The Morgan fingerprint density at radius 3 is 2.69 bits per heavy atom. The lowest BCUT2D eigenvalue weighted by atomic mass is 10.1. The molecule has 2 atom stereocenters. The first-order valence-corrected chi connectivity index (χ1v) is 5.81. The van der Waals surface area contributed by atoms with Crippen molar-refractivity contribution in [3.63, 3.8) is 0 Å². The van der Waals surface area contributed by atoms with Crippen molar-refractivity contribution in [3.05, 3.63) is 0 Å². The number of rotatable bonds is 9. The highest BCUT2D eigenvalue weighted by Gasteiger charge is 2.17. The van der Waals surface area contributed by atoms with Crippen molar-refractivity contribution in [2.45, 2.75) is 44.7 Å². The summed E-state index contributed by atoms with van der Waals surface area (Å²) in [4.78, 5) is 11.6. The van der Waals surface area contributed by atoms with E-state index in [4.69, 9.17) is 15.6 Å². The molecule has 0 rings (SSSR count). The zero-order valence-corrected chi connectivity index (χ0v) is 10.2. The van der Waals surface area contributed by atoms with Gasteiger partial charge < -0.3 is 20.9 Å². The van der Waals surface area contributed by atoms with Gasteiger partial charge in [0.05, 0.1) is 18.7 Å². The molecule has 0 aliphatic heterocycles. The van der Waals surface area contributed by atoms with Crippen molar-refractivity contribution in [2.24, 2.45) is 5.73 Å². The van der Waals surface area contributed by atoms with Crippen LogP contribution < -0.4 is 11.1 Å². The number of aliphatic hydroxyl groups is 1. The second-order valence-electron chi connectivity index (χ2n) is 3.92. The highest BCUT2D eigenvalue weighted by Crippen LogP contribution is 2.00. The maximum atomic E-state index is 11.6. The first-order valence-electron chi connectivity index (χ1n) is 5.81. The topological polar surface area (TPSA) is 84.6 Å². The van der Waals surface area contributed by atoms with Crippen LogP contribution in [-0.4, -0.2) is 43.4 Å². The van der Waals surface area contributed by atoms with Gasteiger partial charge in [-0.25, -0.2) is 0 Å². The Kier molecular flexibility index (Phi) is 9.18. The van der Waals surface area contributed by atoms with Gasteiger partial charge in [-0.1, -0.05) is 19.8 Å². The van der Waals surface area contributed by atoms with E-state index in [0.717, 1.165) is 12.8 Å². The molecule has 16 heavy (non-hydrogen) atoms. The van der Waals surface area contributed by atoms with E-state index in [0.29, 0.717) is 19.4 Å². The quantitative estimate of drug-likeness (QED) is 0.523. The Morgan fingerprint density at radius 2 is 2.19 bits per heavy atom. The average Bonchev–Trinajstić information content (AvgIpc) is 2.26. The van der Waals surface area contributed by atoms with Crippen LogP contribution in [0.5, 0.6) is 0 Å². The molecule has 0 heterocycles. The number of hydrogen-bond acceptors (Lipinski definition) is 4. The van der Waals surface area contributed by atoms with Crippen molar-refractivity contribution in [3.8, 4) is 0 Å². The largest absolute Gasteiger partial charge is 0.396 e. The fourth-order valence-electron chi connectivity index (χ4n) is 1.42. The third-order valence-corrected chi connectivity index (χ3v) is 2.40. The molecule has 96 valence electrons.